The van der Waals surface area contributed by atoms with Crippen molar-refractivity contribution in [3.63, 3.8) is 0 Å². The first kappa shape index (κ1) is 19.1. The van der Waals surface area contributed by atoms with Gasteiger partial charge in [0, 0.05) is 5.41 Å². The second-order valence-electron chi connectivity index (χ2n) is 7.86. The number of hydrogen-bond acceptors (Lipinski definition) is 4. The molecule has 4 heteroatoms. The van der Waals surface area contributed by atoms with Crippen LogP contribution in [0.5, 0.6) is 0 Å². The first-order chi connectivity index (χ1) is 9.97. The lowest BCUT2D eigenvalue weighted by atomic mass is 9.73. The molecule has 0 unspecified atom stereocenters. The van der Waals surface area contributed by atoms with Gasteiger partial charge in [0.1, 0.15) is 5.60 Å². The lowest BCUT2D eigenvalue weighted by Gasteiger charge is -2.41. The Labute approximate surface area is 134 Å². The number of carbonyl (C=O) groups is 2. The van der Waals surface area contributed by atoms with Crippen LogP contribution in [-0.4, -0.2) is 28.1 Å². The second kappa shape index (κ2) is 6.69. The minimum atomic E-state index is -0.714. The van der Waals surface area contributed by atoms with Crippen LogP contribution in [0.3, 0.4) is 0 Å². The van der Waals surface area contributed by atoms with Crippen molar-refractivity contribution in [3.8, 4) is 0 Å². The van der Waals surface area contributed by atoms with Gasteiger partial charge in [0.05, 0.1) is 5.60 Å². The van der Waals surface area contributed by atoms with Crippen LogP contribution in [-0.2, 0) is 14.3 Å². The zero-order valence-corrected chi connectivity index (χ0v) is 15.0. The van der Waals surface area contributed by atoms with E-state index in [1.165, 1.54) is 0 Å². The van der Waals surface area contributed by atoms with Crippen LogP contribution in [0, 0.1) is 11.3 Å². The van der Waals surface area contributed by atoms with Crippen molar-refractivity contribution in [2.45, 2.75) is 91.3 Å². The molecular weight excluding hydrogens is 280 g/mol. The van der Waals surface area contributed by atoms with Crippen molar-refractivity contribution in [2.24, 2.45) is 11.3 Å². The van der Waals surface area contributed by atoms with Crippen molar-refractivity contribution < 1.29 is 19.4 Å². The Morgan fingerprint density at radius 2 is 1.59 bits per heavy atom. The Hall–Kier alpha value is -0.900. The molecule has 0 aliphatic heterocycles. The van der Waals surface area contributed by atoms with E-state index in [4.69, 9.17) is 4.74 Å². The summed E-state index contributed by atoms with van der Waals surface area (Å²) in [6.07, 6.45) is 4.28. The van der Waals surface area contributed by atoms with Crippen LogP contribution in [0.2, 0.25) is 0 Å². The first-order valence-electron chi connectivity index (χ1n) is 8.47. The first-order valence-corrected chi connectivity index (χ1v) is 8.47. The van der Waals surface area contributed by atoms with Crippen molar-refractivity contribution >= 4 is 11.8 Å². The predicted octanol–water partition coefficient (Wildman–Crippen LogP) is 3.64. The highest BCUT2D eigenvalue weighted by Crippen LogP contribution is 2.39. The molecule has 1 fully saturated rings. The van der Waals surface area contributed by atoms with Gasteiger partial charge in [-0.15, -0.1) is 0 Å². The quantitative estimate of drug-likeness (QED) is 0.600. The van der Waals surface area contributed by atoms with Gasteiger partial charge in [-0.25, -0.2) is 4.79 Å². The van der Waals surface area contributed by atoms with E-state index in [1.54, 1.807) is 0 Å². The topological polar surface area (TPSA) is 63.6 Å². The fourth-order valence-corrected chi connectivity index (χ4v) is 3.12. The molecule has 0 atom stereocenters. The van der Waals surface area contributed by atoms with E-state index < -0.39 is 28.4 Å². The summed E-state index contributed by atoms with van der Waals surface area (Å²) in [7, 11) is 0. The zero-order chi connectivity index (χ0) is 17.2. The summed E-state index contributed by atoms with van der Waals surface area (Å²) in [4.78, 5) is 24.6. The SMILES string of the molecule is CCC(C)(CC)C(=O)C(=O)OC(C)(C)C1CCC(C)(O)CC1. The summed E-state index contributed by atoms with van der Waals surface area (Å²) >= 11 is 0. The Balaban J connectivity index is 2.72. The van der Waals surface area contributed by atoms with Gasteiger partial charge in [-0.2, -0.15) is 0 Å². The monoisotopic (exact) mass is 312 g/mol. The normalized spacial score (nSPS) is 26.6. The number of Topliss-reactive ketones (excluding diaryl/α,β-unsaturated/α-hetero) is 1. The van der Waals surface area contributed by atoms with E-state index in [9.17, 15) is 14.7 Å². The molecule has 1 saturated carbocycles. The fourth-order valence-electron chi connectivity index (χ4n) is 3.12. The van der Waals surface area contributed by atoms with Crippen LogP contribution in [0.4, 0.5) is 0 Å². The molecule has 0 bridgehead atoms. The lowest BCUT2D eigenvalue weighted by molar-refractivity contribution is -0.173. The van der Waals surface area contributed by atoms with Crippen molar-refractivity contribution in [2.75, 3.05) is 0 Å². The fraction of sp³-hybridized carbons (Fsp3) is 0.889. The summed E-state index contributed by atoms with van der Waals surface area (Å²) in [6, 6.07) is 0. The minimum Gasteiger partial charge on any atom is -0.454 e. The van der Waals surface area contributed by atoms with Crippen LogP contribution in [0.1, 0.15) is 80.1 Å². The summed E-state index contributed by atoms with van der Waals surface area (Å²) < 4.78 is 5.59. The van der Waals surface area contributed by atoms with Crippen LogP contribution in [0.15, 0.2) is 0 Å². The van der Waals surface area contributed by atoms with Gasteiger partial charge >= 0.3 is 5.97 Å². The molecule has 0 spiro atoms. The highest BCUT2D eigenvalue weighted by Gasteiger charge is 2.42. The van der Waals surface area contributed by atoms with Gasteiger partial charge in [0.15, 0.2) is 0 Å². The van der Waals surface area contributed by atoms with Crippen LogP contribution < -0.4 is 0 Å². The molecule has 0 aromatic carbocycles. The number of ketones is 1. The zero-order valence-electron chi connectivity index (χ0n) is 15.0. The van der Waals surface area contributed by atoms with E-state index in [1.807, 2.05) is 41.5 Å². The highest BCUT2D eigenvalue weighted by atomic mass is 16.6. The molecule has 4 nitrogen and oxygen atoms in total. The number of rotatable bonds is 6. The van der Waals surface area contributed by atoms with Gasteiger partial charge in [-0.1, -0.05) is 20.8 Å². The van der Waals surface area contributed by atoms with Crippen molar-refractivity contribution in [3.05, 3.63) is 0 Å². The summed E-state index contributed by atoms with van der Waals surface area (Å²) in [5, 5.41) is 10.0. The van der Waals surface area contributed by atoms with E-state index >= 15 is 0 Å². The number of aliphatic hydroxyl groups is 1. The third-order valence-electron chi connectivity index (χ3n) is 5.70. The molecule has 1 aliphatic carbocycles. The van der Waals surface area contributed by atoms with Gasteiger partial charge in [-0.3, -0.25) is 4.79 Å². The van der Waals surface area contributed by atoms with Crippen molar-refractivity contribution in [1.82, 2.24) is 0 Å². The average molecular weight is 312 g/mol. The Bertz CT molecular complexity index is 409. The standard InChI is InChI=1S/C18H32O4/c1-7-17(5,8-2)14(19)15(20)22-16(3,4)13-9-11-18(6,21)12-10-13/h13,21H,7-12H2,1-6H3. The number of hydrogen-bond donors (Lipinski definition) is 1. The lowest BCUT2D eigenvalue weighted by Crippen LogP contribution is -2.45. The summed E-state index contributed by atoms with van der Waals surface area (Å²) in [5.41, 5.74) is -1.93. The molecule has 0 aromatic heterocycles. The van der Waals surface area contributed by atoms with Gasteiger partial charge in [0.2, 0.25) is 5.78 Å². The predicted molar refractivity (Wildman–Crippen MR) is 86.4 cm³/mol. The molecule has 1 rings (SSSR count). The smallest absolute Gasteiger partial charge is 0.375 e. The maximum atomic E-state index is 12.4. The minimum absolute atomic E-state index is 0.180. The van der Waals surface area contributed by atoms with E-state index in [-0.39, 0.29) is 5.92 Å². The molecule has 1 aliphatic rings. The third-order valence-corrected chi connectivity index (χ3v) is 5.70. The maximum Gasteiger partial charge on any atom is 0.375 e. The molecule has 0 amide bonds. The van der Waals surface area contributed by atoms with E-state index in [0.717, 1.165) is 12.8 Å². The molecule has 22 heavy (non-hydrogen) atoms. The highest BCUT2D eigenvalue weighted by molar-refractivity contribution is 6.35. The maximum absolute atomic E-state index is 12.4. The summed E-state index contributed by atoms with van der Waals surface area (Å²) in [6.45, 7) is 11.3. The molecule has 1 N–H and O–H groups in total. The summed E-state index contributed by atoms with van der Waals surface area (Å²) in [5.74, 6) is -0.958. The van der Waals surface area contributed by atoms with Crippen LogP contribution >= 0.6 is 0 Å². The molecule has 0 heterocycles. The molecule has 0 aromatic rings. The Morgan fingerprint density at radius 3 is 2.00 bits per heavy atom. The number of esters is 1. The Kier molecular flexibility index (Phi) is 5.82. The molecular formula is C18H32O4. The van der Waals surface area contributed by atoms with Crippen LogP contribution in [0.25, 0.3) is 0 Å². The van der Waals surface area contributed by atoms with Crippen molar-refractivity contribution in [1.29, 1.82) is 0 Å². The Morgan fingerprint density at radius 1 is 1.14 bits per heavy atom. The van der Waals surface area contributed by atoms with Gasteiger partial charge in [0.25, 0.3) is 0 Å². The molecule has 0 saturated heterocycles. The second-order valence-corrected chi connectivity index (χ2v) is 7.86. The molecule has 128 valence electrons. The van der Waals surface area contributed by atoms with Gasteiger partial charge < -0.3 is 9.84 Å². The van der Waals surface area contributed by atoms with E-state index in [2.05, 4.69) is 0 Å². The van der Waals surface area contributed by atoms with E-state index in [0.29, 0.717) is 25.7 Å². The third kappa shape index (κ3) is 4.31. The molecule has 0 radical (unpaired) electrons. The largest absolute Gasteiger partial charge is 0.454 e. The average Bonchev–Trinajstić information content (AvgIpc) is 2.44. The van der Waals surface area contributed by atoms with Gasteiger partial charge in [-0.05, 0) is 65.2 Å². The number of ether oxygens (including phenoxy) is 1. The number of carbonyl (C=O) groups excluding carboxylic acids is 2.